The minimum absolute atomic E-state index is 0.000573. The van der Waals surface area contributed by atoms with Crippen LogP contribution < -0.4 is 0 Å². The number of hydrogen-bond donors (Lipinski definition) is 0. The highest BCUT2D eigenvalue weighted by Crippen LogP contribution is 2.56. The van der Waals surface area contributed by atoms with E-state index in [4.69, 9.17) is 9.47 Å². The van der Waals surface area contributed by atoms with Crippen LogP contribution in [0.5, 0.6) is 0 Å². The maximum atomic E-state index is 12.3. The molecule has 0 amide bonds. The van der Waals surface area contributed by atoms with Gasteiger partial charge in [0.25, 0.3) is 0 Å². The number of rotatable bonds is 4. The lowest BCUT2D eigenvalue weighted by Crippen LogP contribution is -2.38. The number of fused-ring (bicyclic) bond motifs is 5. The third-order valence-corrected chi connectivity index (χ3v) is 5.48. The molecule has 4 heteroatoms. The van der Waals surface area contributed by atoms with Gasteiger partial charge >= 0.3 is 11.9 Å². The molecule has 20 heavy (non-hydrogen) atoms. The van der Waals surface area contributed by atoms with Crippen molar-refractivity contribution in [3.8, 4) is 0 Å². The maximum absolute atomic E-state index is 12.3. The fraction of sp³-hybridized carbons (Fsp3) is 0.875. The molecule has 0 spiro atoms. The normalized spacial score (nSPS) is 38.8. The second-order valence-electron chi connectivity index (χ2n) is 7.29. The predicted molar refractivity (Wildman–Crippen MR) is 72.7 cm³/mol. The van der Waals surface area contributed by atoms with Gasteiger partial charge in [-0.15, -0.1) is 0 Å². The molecule has 2 aliphatic carbocycles. The minimum atomic E-state index is -0.405. The zero-order valence-electron chi connectivity index (χ0n) is 12.6. The zero-order chi connectivity index (χ0) is 14.5. The van der Waals surface area contributed by atoms with Crippen LogP contribution in [0.25, 0.3) is 0 Å². The lowest BCUT2D eigenvalue weighted by molar-refractivity contribution is -0.164. The average molecular weight is 280 g/mol. The number of carbonyl (C=O) groups excluding carboxylic acids is 2. The molecule has 112 valence electrons. The highest BCUT2D eigenvalue weighted by atomic mass is 16.6. The van der Waals surface area contributed by atoms with E-state index >= 15 is 0 Å². The molecule has 0 N–H and O–H groups in total. The first kappa shape index (κ1) is 13.9. The molecule has 0 radical (unpaired) electrons. The van der Waals surface area contributed by atoms with E-state index in [1.807, 2.05) is 13.8 Å². The largest absolute Gasteiger partial charge is 0.465 e. The Morgan fingerprint density at radius 1 is 1.35 bits per heavy atom. The smallest absolute Gasteiger partial charge is 0.311 e. The summed E-state index contributed by atoms with van der Waals surface area (Å²) in [5.74, 6) is 0.953. The van der Waals surface area contributed by atoms with Crippen LogP contribution in [0.1, 0.15) is 46.5 Å². The van der Waals surface area contributed by atoms with Crippen molar-refractivity contribution in [1.82, 2.24) is 0 Å². The van der Waals surface area contributed by atoms with Gasteiger partial charge in [0.1, 0.15) is 6.10 Å². The average Bonchev–Trinajstić information content (AvgIpc) is 3.02. The van der Waals surface area contributed by atoms with Gasteiger partial charge in [-0.1, -0.05) is 13.3 Å². The van der Waals surface area contributed by atoms with Crippen LogP contribution in [0.4, 0.5) is 0 Å². The fourth-order valence-electron chi connectivity index (χ4n) is 4.46. The third-order valence-electron chi connectivity index (χ3n) is 5.48. The van der Waals surface area contributed by atoms with Gasteiger partial charge in [0.2, 0.25) is 0 Å². The van der Waals surface area contributed by atoms with Crippen molar-refractivity contribution in [2.45, 2.75) is 52.6 Å². The van der Waals surface area contributed by atoms with Gasteiger partial charge in [-0.25, -0.2) is 0 Å². The summed E-state index contributed by atoms with van der Waals surface area (Å²) in [5, 5.41) is 0. The van der Waals surface area contributed by atoms with Crippen LogP contribution in [0.2, 0.25) is 0 Å². The van der Waals surface area contributed by atoms with Gasteiger partial charge < -0.3 is 9.47 Å². The van der Waals surface area contributed by atoms with Crippen molar-refractivity contribution in [3.05, 3.63) is 0 Å². The van der Waals surface area contributed by atoms with E-state index < -0.39 is 5.41 Å². The minimum Gasteiger partial charge on any atom is -0.465 e. The molecule has 1 saturated heterocycles. The summed E-state index contributed by atoms with van der Waals surface area (Å²) in [4.78, 5) is 24.0. The van der Waals surface area contributed by atoms with Crippen LogP contribution in [0, 0.1) is 29.1 Å². The maximum Gasteiger partial charge on any atom is 0.311 e. The molecule has 5 atom stereocenters. The summed E-state index contributed by atoms with van der Waals surface area (Å²) in [6.45, 7) is 6.52. The lowest BCUT2D eigenvalue weighted by atomic mass is 9.79. The summed E-state index contributed by atoms with van der Waals surface area (Å²) in [6, 6.07) is 0. The van der Waals surface area contributed by atoms with Crippen molar-refractivity contribution in [3.63, 3.8) is 0 Å². The number of hydrogen-bond acceptors (Lipinski definition) is 4. The predicted octanol–water partition coefficient (Wildman–Crippen LogP) is 2.55. The quantitative estimate of drug-likeness (QED) is 0.743. The van der Waals surface area contributed by atoms with Gasteiger partial charge in [-0.3, -0.25) is 9.59 Å². The summed E-state index contributed by atoms with van der Waals surface area (Å²) in [5.41, 5.74) is -0.405. The van der Waals surface area contributed by atoms with Crippen LogP contribution in [0.3, 0.4) is 0 Å². The fourth-order valence-corrected chi connectivity index (χ4v) is 4.46. The zero-order valence-corrected chi connectivity index (χ0v) is 12.6. The Balaban J connectivity index is 1.64. The molecule has 0 aromatic heterocycles. The third kappa shape index (κ3) is 2.04. The molecule has 3 rings (SSSR count). The van der Waals surface area contributed by atoms with Crippen LogP contribution in [-0.2, 0) is 19.1 Å². The van der Waals surface area contributed by atoms with Crippen molar-refractivity contribution in [2.75, 3.05) is 6.61 Å². The standard InChI is InChI=1S/C16H24O4/c1-4-5-16(2,3)15(18)20-12-7-9-6-10(12)11-8-19-14(17)13(9)11/h9-13H,4-8H2,1-3H3. The summed E-state index contributed by atoms with van der Waals surface area (Å²) in [6.07, 6.45) is 3.69. The first-order valence-electron chi connectivity index (χ1n) is 7.81. The highest BCUT2D eigenvalue weighted by molar-refractivity contribution is 5.77. The Kier molecular flexibility index (Phi) is 3.30. The SMILES string of the molecule is CCCC(C)(C)C(=O)OC1CC2CC1C1COC(=O)C21. The number of ether oxygens (including phenoxy) is 2. The molecule has 0 aromatic rings. The van der Waals surface area contributed by atoms with Gasteiger partial charge in [0, 0.05) is 11.8 Å². The Morgan fingerprint density at radius 2 is 2.10 bits per heavy atom. The number of esters is 2. The van der Waals surface area contributed by atoms with Gasteiger partial charge in [0.15, 0.2) is 0 Å². The number of cyclic esters (lactones) is 1. The molecular formula is C16H24O4. The summed E-state index contributed by atoms with van der Waals surface area (Å²) < 4.78 is 11.0. The van der Waals surface area contributed by atoms with Crippen LogP contribution in [0.15, 0.2) is 0 Å². The molecule has 5 unspecified atom stereocenters. The van der Waals surface area contributed by atoms with E-state index in [1.165, 1.54) is 0 Å². The number of carbonyl (C=O) groups is 2. The molecule has 1 heterocycles. The van der Waals surface area contributed by atoms with Crippen molar-refractivity contribution < 1.29 is 19.1 Å². The van der Waals surface area contributed by atoms with Gasteiger partial charge in [-0.2, -0.15) is 0 Å². The molecule has 3 fully saturated rings. The topological polar surface area (TPSA) is 52.6 Å². The van der Waals surface area contributed by atoms with Crippen molar-refractivity contribution in [2.24, 2.45) is 29.1 Å². The Bertz CT molecular complexity index is 428. The van der Waals surface area contributed by atoms with E-state index in [0.717, 1.165) is 25.7 Å². The summed E-state index contributed by atoms with van der Waals surface area (Å²) >= 11 is 0. The van der Waals surface area contributed by atoms with Gasteiger partial charge in [0.05, 0.1) is 17.9 Å². The van der Waals surface area contributed by atoms with E-state index in [0.29, 0.717) is 18.4 Å². The Labute approximate surface area is 120 Å². The lowest BCUT2D eigenvalue weighted by Gasteiger charge is -2.31. The molecule has 2 saturated carbocycles. The highest BCUT2D eigenvalue weighted by Gasteiger charge is 2.60. The summed E-state index contributed by atoms with van der Waals surface area (Å²) in [7, 11) is 0. The second-order valence-corrected chi connectivity index (χ2v) is 7.29. The van der Waals surface area contributed by atoms with E-state index in [-0.39, 0.29) is 29.9 Å². The monoisotopic (exact) mass is 280 g/mol. The van der Waals surface area contributed by atoms with Crippen LogP contribution >= 0.6 is 0 Å². The molecule has 1 aliphatic heterocycles. The molecular weight excluding hydrogens is 256 g/mol. The molecule has 2 bridgehead atoms. The van der Waals surface area contributed by atoms with Gasteiger partial charge in [-0.05, 0) is 39.0 Å². The second kappa shape index (κ2) is 4.74. The van der Waals surface area contributed by atoms with Crippen LogP contribution in [-0.4, -0.2) is 24.6 Å². The Hall–Kier alpha value is -1.06. The first-order valence-corrected chi connectivity index (χ1v) is 7.81. The Morgan fingerprint density at radius 3 is 2.80 bits per heavy atom. The van der Waals surface area contributed by atoms with E-state index in [1.54, 1.807) is 0 Å². The van der Waals surface area contributed by atoms with Crippen molar-refractivity contribution in [1.29, 1.82) is 0 Å². The molecule has 4 nitrogen and oxygen atoms in total. The van der Waals surface area contributed by atoms with Crippen molar-refractivity contribution >= 4 is 11.9 Å². The molecule has 3 aliphatic rings. The first-order chi connectivity index (χ1) is 9.44. The van der Waals surface area contributed by atoms with E-state index in [9.17, 15) is 9.59 Å². The molecule has 0 aromatic carbocycles. The van der Waals surface area contributed by atoms with E-state index in [2.05, 4.69) is 6.92 Å².